The molecular formula is C20H21NO5. The molecular weight excluding hydrogens is 334 g/mol. The molecule has 1 aromatic carbocycles. The van der Waals surface area contributed by atoms with Crippen LogP contribution in [0.25, 0.3) is 0 Å². The Labute approximate surface area is 151 Å². The fraction of sp³-hybridized carbons (Fsp3) is 0.350. The third-order valence-corrected chi connectivity index (χ3v) is 4.67. The van der Waals surface area contributed by atoms with E-state index < -0.39 is 5.97 Å². The molecule has 1 fully saturated rings. The van der Waals surface area contributed by atoms with Gasteiger partial charge in [0.05, 0.1) is 0 Å². The highest BCUT2D eigenvalue weighted by Crippen LogP contribution is 2.23. The number of ketones is 1. The van der Waals surface area contributed by atoms with E-state index >= 15 is 0 Å². The van der Waals surface area contributed by atoms with Crippen LogP contribution in [0.4, 0.5) is 5.69 Å². The van der Waals surface area contributed by atoms with Crippen molar-refractivity contribution < 1.29 is 23.5 Å². The van der Waals surface area contributed by atoms with E-state index in [9.17, 15) is 14.4 Å². The summed E-state index contributed by atoms with van der Waals surface area (Å²) in [6, 6.07) is 6.78. The quantitative estimate of drug-likeness (QED) is 0.607. The number of aryl methyl sites for hydroxylation is 2. The summed E-state index contributed by atoms with van der Waals surface area (Å²) in [6.45, 7) is 5.60. The molecule has 6 nitrogen and oxygen atoms in total. The lowest BCUT2D eigenvalue weighted by molar-refractivity contribution is -0.117. The Balaban J connectivity index is 1.63. The van der Waals surface area contributed by atoms with Gasteiger partial charge in [-0.05, 0) is 51.5 Å². The van der Waals surface area contributed by atoms with E-state index in [-0.39, 0.29) is 18.3 Å². The summed E-state index contributed by atoms with van der Waals surface area (Å²) < 4.78 is 10.6. The van der Waals surface area contributed by atoms with E-state index in [1.165, 1.54) is 0 Å². The van der Waals surface area contributed by atoms with Crippen LogP contribution in [0.2, 0.25) is 0 Å². The molecule has 2 heterocycles. The maximum absolute atomic E-state index is 12.3. The molecule has 6 heteroatoms. The van der Waals surface area contributed by atoms with E-state index in [2.05, 4.69) is 0 Å². The summed E-state index contributed by atoms with van der Waals surface area (Å²) in [5.74, 6) is 0.377. The number of furan rings is 1. The Morgan fingerprint density at radius 2 is 1.81 bits per heavy atom. The topological polar surface area (TPSA) is 76.8 Å². The second-order valence-corrected chi connectivity index (χ2v) is 6.41. The number of esters is 1. The first kappa shape index (κ1) is 17.9. The summed E-state index contributed by atoms with van der Waals surface area (Å²) in [5.41, 5.74) is 2.31. The number of carbonyl (C=O) groups excluding carboxylic acids is 3. The summed E-state index contributed by atoms with van der Waals surface area (Å²) in [7, 11) is 0. The Hall–Kier alpha value is -2.89. The van der Waals surface area contributed by atoms with Gasteiger partial charge in [0.15, 0.2) is 12.4 Å². The third kappa shape index (κ3) is 3.40. The van der Waals surface area contributed by atoms with Gasteiger partial charge in [0.1, 0.15) is 17.1 Å². The van der Waals surface area contributed by atoms with Crippen molar-refractivity contribution in [1.82, 2.24) is 0 Å². The molecule has 0 unspecified atom stereocenters. The molecule has 0 atom stereocenters. The zero-order chi connectivity index (χ0) is 18.8. The van der Waals surface area contributed by atoms with E-state index in [1.54, 1.807) is 49.9 Å². The summed E-state index contributed by atoms with van der Waals surface area (Å²) >= 11 is 0. The Kier molecular flexibility index (Phi) is 4.93. The predicted octanol–water partition coefficient (Wildman–Crippen LogP) is 3.37. The average Bonchev–Trinajstić information content (AvgIpc) is 3.15. The molecule has 136 valence electrons. The Bertz CT molecular complexity index is 863. The number of rotatable bonds is 5. The molecule has 26 heavy (non-hydrogen) atoms. The van der Waals surface area contributed by atoms with Crippen LogP contribution in [0, 0.1) is 20.8 Å². The first-order valence-corrected chi connectivity index (χ1v) is 8.56. The number of Topliss-reactive ketones (excluding diaryl/α,β-unsaturated/α-hetero) is 1. The molecule has 1 amide bonds. The van der Waals surface area contributed by atoms with Crippen LogP contribution in [0.3, 0.4) is 0 Å². The first-order chi connectivity index (χ1) is 12.4. The molecule has 0 radical (unpaired) electrons. The summed E-state index contributed by atoms with van der Waals surface area (Å²) in [5, 5.41) is 0. The third-order valence-electron chi connectivity index (χ3n) is 4.67. The highest BCUT2D eigenvalue weighted by Gasteiger charge is 2.23. The van der Waals surface area contributed by atoms with Gasteiger partial charge in [-0.1, -0.05) is 0 Å². The fourth-order valence-corrected chi connectivity index (χ4v) is 3.13. The molecule has 0 N–H and O–H groups in total. The average molecular weight is 355 g/mol. The molecule has 0 spiro atoms. The van der Waals surface area contributed by atoms with Crippen molar-refractivity contribution in [2.75, 3.05) is 18.1 Å². The monoisotopic (exact) mass is 355 g/mol. The molecule has 1 aliphatic rings. The minimum Gasteiger partial charge on any atom is -0.465 e. The van der Waals surface area contributed by atoms with Crippen molar-refractivity contribution in [1.29, 1.82) is 0 Å². The van der Waals surface area contributed by atoms with Crippen molar-refractivity contribution in [2.24, 2.45) is 0 Å². The lowest BCUT2D eigenvalue weighted by atomic mass is 10.1. The van der Waals surface area contributed by atoms with Crippen LogP contribution < -0.4 is 4.90 Å². The predicted molar refractivity (Wildman–Crippen MR) is 95.6 cm³/mol. The van der Waals surface area contributed by atoms with Crippen molar-refractivity contribution >= 4 is 23.3 Å². The summed E-state index contributed by atoms with van der Waals surface area (Å²) in [6.07, 6.45) is 1.41. The van der Waals surface area contributed by atoms with Crippen LogP contribution in [0.15, 0.2) is 28.7 Å². The molecule has 3 rings (SSSR count). The largest absolute Gasteiger partial charge is 0.465 e. The van der Waals surface area contributed by atoms with Crippen LogP contribution >= 0.6 is 0 Å². The molecule has 2 aromatic rings. The molecule has 0 saturated carbocycles. The van der Waals surface area contributed by atoms with Gasteiger partial charge in [-0.2, -0.15) is 0 Å². The van der Waals surface area contributed by atoms with Gasteiger partial charge in [0.25, 0.3) is 0 Å². The lowest BCUT2D eigenvalue weighted by Gasteiger charge is -2.15. The molecule has 1 aromatic heterocycles. The van der Waals surface area contributed by atoms with E-state index in [0.717, 1.165) is 17.7 Å². The number of anilines is 1. The second-order valence-electron chi connectivity index (χ2n) is 6.41. The van der Waals surface area contributed by atoms with Crippen molar-refractivity contribution in [3.8, 4) is 0 Å². The van der Waals surface area contributed by atoms with Crippen LogP contribution in [-0.4, -0.2) is 30.8 Å². The van der Waals surface area contributed by atoms with E-state index in [1.807, 2.05) is 0 Å². The van der Waals surface area contributed by atoms with Gasteiger partial charge < -0.3 is 14.1 Å². The maximum Gasteiger partial charge on any atom is 0.342 e. The highest BCUT2D eigenvalue weighted by molar-refractivity contribution is 6.01. The van der Waals surface area contributed by atoms with Crippen LogP contribution in [-0.2, 0) is 9.53 Å². The van der Waals surface area contributed by atoms with Gasteiger partial charge >= 0.3 is 5.97 Å². The maximum atomic E-state index is 12.3. The minimum atomic E-state index is -0.565. The number of amides is 1. The number of benzene rings is 1. The number of ether oxygens (including phenoxy) is 1. The molecule has 0 aliphatic carbocycles. The van der Waals surface area contributed by atoms with Crippen molar-refractivity contribution in [3.63, 3.8) is 0 Å². The van der Waals surface area contributed by atoms with Gasteiger partial charge in [-0.15, -0.1) is 0 Å². The molecule has 1 saturated heterocycles. The summed E-state index contributed by atoms with van der Waals surface area (Å²) in [4.78, 5) is 38.0. The van der Waals surface area contributed by atoms with Crippen LogP contribution in [0.5, 0.6) is 0 Å². The zero-order valence-corrected chi connectivity index (χ0v) is 15.1. The van der Waals surface area contributed by atoms with Crippen molar-refractivity contribution in [3.05, 3.63) is 52.5 Å². The van der Waals surface area contributed by atoms with Gasteiger partial charge in [-0.3, -0.25) is 9.59 Å². The normalized spacial score (nSPS) is 14.0. The van der Waals surface area contributed by atoms with Gasteiger partial charge in [0, 0.05) is 29.8 Å². The smallest absolute Gasteiger partial charge is 0.342 e. The Morgan fingerprint density at radius 1 is 1.12 bits per heavy atom. The van der Waals surface area contributed by atoms with Gasteiger partial charge in [-0.25, -0.2) is 4.79 Å². The first-order valence-electron chi connectivity index (χ1n) is 8.56. The lowest BCUT2D eigenvalue weighted by Crippen LogP contribution is -2.23. The number of hydrogen-bond donors (Lipinski definition) is 0. The SMILES string of the molecule is Cc1oc(C)c(C(=O)OCC(=O)c2ccc(N3CCCC3=O)cc2)c1C. The van der Waals surface area contributed by atoms with Crippen molar-refractivity contribution in [2.45, 2.75) is 33.6 Å². The highest BCUT2D eigenvalue weighted by atomic mass is 16.5. The standard InChI is InChI=1S/C20H21NO5/c1-12-13(2)26-14(3)19(12)20(24)25-11-17(22)15-6-8-16(9-7-15)21-10-4-5-18(21)23/h6-9H,4-5,10-11H2,1-3H3. The molecule has 1 aliphatic heterocycles. The number of carbonyl (C=O) groups is 3. The zero-order valence-electron chi connectivity index (χ0n) is 15.1. The van der Waals surface area contributed by atoms with E-state index in [0.29, 0.717) is 35.6 Å². The minimum absolute atomic E-state index is 0.0964. The second kappa shape index (κ2) is 7.15. The fourth-order valence-electron chi connectivity index (χ4n) is 3.13. The van der Waals surface area contributed by atoms with E-state index in [4.69, 9.17) is 9.15 Å². The van der Waals surface area contributed by atoms with Gasteiger partial charge in [0.2, 0.25) is 5.91 Å². The Morgan fingerprint density at radius 3 is 2.35 bits per heavy atom. The number of nitrogens with zero attached hydrogens (tertiary/aromatic N) is 1. The molecule has 0 bridgehead atoms. The number of hydrogen-bond acceptors (Lipinski definition) is 5. The van der Waals surface area contributed by atoms with Crippen LogP contribution in [0.1, 0.15) is 50.6 Å².